The topological polar surface area (TPSA) is 129 Å². The molecule has 10 heteroatoms. The van der Waals surface area contributed by atoms with Crippen molar-refractivity contribution in [3.05, 3.63) is 83.9 Å². The quantitative estimate of drug-likeness (QED) is 0.441. The van der Waals surface area contributed by atoms with Crippen molar-refractivity contribution in [2.24, 2.45) is 4.40 Å². The van der Waals surface area contributed by atoms with E-state index in [1.54, 1.807) is 66.7 Å². The van der Waals surface area contributed by atoms with Crippen molar-refractivity contribution in [1.82, 2.24) is 5.32 Å². The van der Waals surface area contributed by atoms with Gasteiger partial charge in [0.15, 0.2) is 5.84 Å². The van der Waals surface area contributed by atoms with Gasteiger partial charge in [-0.1, -0.05) is 24.3 Å². The van der Waals surface area contributed by atoms with Crippen LogP contribution in [0.3, 0.4) is 0 Å². The average molecular weight is 478 g/mol. The minimum Gasteiger partial charge on any atom is -0.339 e. The molecule has 0 radical (unpaired) electrons. The number of hydrogen-bond donors (Lipinski definition) is 4. The van der Waals surface area contributed by atoms with Crippen LogP contribution in [0.1, 0.15) is 29.8 Å². The molecule has 0 bridgehead atoms. The molecule has 1 heterocycles. The van der Waals surface area contributed by atoms with Gasteiger partial charge in [0.2, 0.25) is 0 Å². The average Bonchev–Trinajstić information content (AvgIpc) is 3.05. The maximum Gasteiger partial charge on any atom is 0.319 e. The zero-order valence-corrected chi connectivity index (χ0v) is 19.3. The Morgan fingerprint density at radius 2 is 1.44 bits per heavy atom. The molecule has 3 aromatic rings. The van der Waals surface area contributed by atoms with Gasteiger partial charge in [0, 0.05) is 22.9 Å². The lowest BCUT2D eigenvalue weighted by Crippen LogP contribution is -2.34. The third-order valence-corrected chi connectivity index (χ3v) is 6.22. The van der Waals surface area contributed by atoms with Crippen LogP contribution in [0.25, 0.3) is 0 Å². The molecule has 4 rings (SSSR count). The number of anilines is 3. The van der Waals surface area contributed by atoms with Gasteiger partial charge in [0.1, 0.15) is 4.90 Å². The summed E-state index contributed by atoms with van der Waals surface area (Å²) in [6, 6.07) is 19.6. The lowest BCUT2D eigenvalue weighted by molar-refractivity contribution is 0.102. The summed E-state index contributed by atoms with van der Waals surface area (Å²) in [5.41, 5.74) is 2.38. The van der Waals surface area contributed by atoms with Crippen molar-refractivity contribution >= 4 is 44.9 Å². The fraction of sp³-hybridized carbons (Fsp3) is 0.125. The zero-order valence-electron chi connectivity index (χ0n) is 18.5. The molecule has 0 atom stereocenters. The Bertz CT molecular complexity index is 1380. The summed E-state index contributed by atoms with van der Waals surface area (Å²) in [4.78, 5) is 25.0. The van der Waals surface area contributed by atoms with E-state index in [0.29, 0.717) is 28.2 Å². The second-order valence-corrected chi connectivity index (χ2v) is 9.44. The van der Waals surface area contributed by atoms with Crippen molar-refractivity contribution in [2.45, 2.75) is 24.8 Å². The predicted octanol–water partition coefficient (Wildman–Crippen LogP) is 4.03. The first-order valence-electron chi connectivity index (χ1n) is 10.5. The standard InChI is InChI=1S/C24H23N5O4S/c1-15(2)25-24(31)28-20-9-5-4-8-19(20)27-23(30)16-11-13-17(14-12-16)26-22-18-7-3-6-10-21(18)34(32,33)29-22/h3-15H,1-2H3,(H,26,29)(H,27,30)(H2,25,28,31). The van der Waals surface area contributed by atoms with Gasteiger partial charge in [-0.15, -0.1) is 4.40 Å². The summed E-state index contributed by atoms with van der Waals surface area (Å²) in [5.74, 6) is -0.135. The number of rotatable bonds is 5. The molecule has 4 N–H and O–H groups in total. The molecule has 0 saturated carbocycles. The molecule has 0 saturated heterocycles. The van der Waals surface area contributed by atoms with E-state index in [-0.39, 0.29) is 28.7 Å². The molecule has 0 spiro atoms. The highest BCUT2D eigenvalue weighted by Crippen LogP contribution is 2.27. The van der Waals surface area contributed by atoms with Crippen molar-refractivity contribution in [3.8, 4) is 0 Å². The molecule has 0 fully saturated rings. The van der Waals surface area contributed by atoms with Gasteiger partial charge < -0.3 is 21.3 Å². The van der Waals surface area contributed by atoms with Gasteiger partial charge in [0.25, 0.3) is 15.9 Å². The van der Waals surface area contributed by atoms with Crippen molar-refractivity contribution in [1.29, 1.82) is 0 Å². The fourth-order valence-corrected chi connectivity index (χ4v) is 4.53. The predicted molar refractivity (Wildman–Crippen MR) is 132 cm³/mol. The van der Waals surface area contributed by atoms with Crippen LogP contribution in [-0.2, 0) is 10.0 Å². The summed E-state index contributed by atoms with van der Waals surface area (Å²) in [6.07, 6.45) is 0. The largest absolute Gasteiger partial charge is 0.339 e. The molecule has 1 aliphatic heterocycles. The number of carbonyl (C=O) groups excluding carboxylic acids is 2. The Kier molecular flexibility index (Phi) is 6.33. The van der Waals surface area contributed by atoms with Crippen LogP contribution in [0.15, 0.2) is 82.1 Å². The molecular formula is C24H23N5O4S. The van der Waals surface area contributed by atoms with Crippen LogP contribution in [-0.4, -0.2) is 32.2 Å². The van der Waals surface area contributed by atoms with Crippen LogP contribution in [0, 0.1) is 0 Å². The molecule has 3 aromatic carbocycles. The lowest BCUT2D eigenvalue weighted by atomic mass is 10.1. The molecule has 1 aliphatic rings. The van der Waals surface area contributed by atoms with Crippen molar-refractivity contribution < 1.29 is 18.0 Å². The maximum absolute atomic E-state index is 12.8. The Balaban J connectivity index is 1.46. The Morgan fingerprint density at radius 1 is 0.824 bits per heavy atom. The third kappa shape index (κ3) is 5.07. The highest BCUT2D eigenvalue weighted by atomic mass is 32.2. The van der Waals surface area contributed by atoms with Gasteiger partial charge in [-0.05, 0) is 62.4 Å². The molecule has 0 aromatic heterocycles. The summed E-state index contributed by atoms with van der Waals surface area (Å²) in [5, 5.41) is 11.3. The third-order valence-electron chi connectivity index (χ3n) is 4.88. The fourth-order valence-electron chi connectivity index (χ4n) is 3.35. The molecule has 9 nitrogen and oxygen atoms in total. The number of nitrogens with one attached hydrogen (secondary N) is 4. The molecule has 3 amide bonds. The Hall–Kier alpha value is -4.18. The normalized spacial score (nSPS) is 13.6. The lowest BCUT2D eigenvalue weighted by Gasteiger charge is -2.14. The molecule has 174 valence electrons. The monoisotopic (exact) mass is 477 g/mol. The summed E-state index contributed by atoms with van der Waals surface area (Å²) >= 11 is 0. The number of nitrogens with zero attached hydrogens (tertiary/aromatic N) is 1. The van der Waals surface area contributed by atoms with Crippen LogP contribution in [0.5, 0.6) is 0 Å². The number of urea groups is 1. The van der Waals surface area contributed by atoms with Crippen LogP contribution >= 0.6 is 0 Å². The number of benzene rings is 3. The van der Waals surface area contributed by atoms with Crippen LogP contribution in [0.4, 0.5) is 21.9 Å². The molecule has 0 aliphatic carbocycles. The number of fused-ring (bicyclic) bond motifs is 1. The Labute approximate surface area is 197 Å². The first-order valence-corrected chi connectivity index (χ1v) is 12.0. The van der Waals surface area contributed by atoms with E-state index in [4.69, 9.17) is 0 Å². The highest BCUT2D eigenvalue weighted by Gasteiger charge is 2.28. The van der Waals surface area contributed by atoms with E-state index in [1.807, 2.05) is 13.8 Å². The smallest absolute Gasteiger partial charge is 0.319 e. The maximum atomic E-state index is 12.8. The molecule has 34 heavy (non-hydrogen) atoms. The van der Waals surface area contributed by atoms with E-state index in [0.717, 1.165) is 0 Å². The Morgan fingerprint density at radius 3 is 2.12 bits per heavy atom. The van der Waals surface area contributed by atoms with Crippen LogP contribution < -0.4 is 21.3 Å². The highest BCUT2D eigenvalue weighted by molar-refractivity contribution is 7.90. The number of para-hydroxylation sites is 2. The summed E-state index contributed by atoms with van der Waals surface area (Å²) in [7, 11) is -3.72. The van der Waals surface area contributed by atoms with Gasteiger partial charge >= 0.3 is 6.03 Å². The van der Waals surface area contributed by atoms with Gasteiger partial charge in [0.05, 0.1) is 11.4 Å². The van der Waals surface area contributed by atoms with Gasteiger partial charge in [-0.2, -0.15) is 8.42 Å². The van der Waals surface area contributed by atoms with E-state index >= 15 is 0 Å². The van der Waals surface area contributed by atoms with Gasteiger partial charge in [-0.25, -0.2) is 4.79 Å². The zero-order chi connectivity index (χ0) is 24.3. The second-order valence-electron chi connectivity index (χ2n) is 7.87. The SMILES string of the molecule is CC(C)NC(=O)Nc1ccccc1NC(=O)c1ccc(NC2=NS(=O)(=O)c3ccccc32)cc1. The van der Waals surface area contributed by atoms with E-state index in [9.17, 15) is 18.0 Å². The van der Waals surface area contributed by atoms with E-state index in [1.165, 1.54) is 6.07 Å². The minimum absolute atomic E-state index is 0.0299. The van der Waals surface area contributed by atoms with Crippen molar-refractivity contribution in [3.63, 3.8) is 0 Å². The molecular weight excluding hydrogens is 454 g/mol. The first-order chi connectivity index (χ1) is 16.2. The number of carbonyl (C=O) groups is 2. The summed E-state index contributed by atoms with van der Waals surface area (Å²) in [6.45, 7) is 3.70. The minimum atomic E-state index is -3.72. The number of sulfonamides is 1. The molecule has 0 unspecified atom stereocenters. The second kappa shape index (κ2) is 9.36. The van der Waals surface area contributed by atoms with E-state index < -0.39 is 10.0 Å². The summed E-state index contributed by atoms with van der Waals surface area (Å²) < 4.78 is 28.2. The van der Waals surface area contributed by atoms with Gasteiger partial charge in [-0.3, -0.25) is 4.79 Å². The number of amides is 3. The number of hydrogen-bond acceptors (Lipinski definition) is 5. The van der Waals surface area contributed by atoms with E-state index in [2.05, 4.69) is 25.7 Å². The number of amidine groups is 1. The van der Waals surface area contributed by atoms with Crippen LogP contribution in [0.2, 0.25) is 0 Å². The van der Waals surface area contributed by atoms with Crippen molar-refractivity contribution in [2.75, 3.05) is 16.0 Å². The first kappa shape index (κ1) is 23.0.